The third kappa shape index (κ3) is 3.00. The second-order valence-corrected chi connectivity index (χ2v) is 2.00. The zero-order valence-electron chi connectivity index (χ0n) is 6.48. The predicted molar refractivity (Wildman–Crippen MR) is 22.0 cm³/mol. The van der Waals surface area contributed by atoms with Crippen molar-refractivity contribution in [3.05, 3.63) is 0 Å². The number of halogens is 9. The van der Waals surface area contributed by atoms with E-state index in [-0.39, 0.29) is 51.4 Å². The van der Waals surface area contributed by atoms with Gasteiger partial charge in [-0.25, -0.2) is 8.78 Å². The molecular formula is C4HF9K+. The molecule has 0 saturated carbocycles. The minimum absolute atomic E-state index is 0. The van der Waals surface area contributed by atoms with E-state index in [9.17, 15) is 39.5 Å². The average Bonchev–Trinajstić information content (AvgIpc) is 1.84. The van der Waals surface area contributed by atoms with Crippen molar-refractivity contribution in [3.63, 3.8) is 0 Å². The largest absolute Gasteiger partial charge is 1.00 e. The van der Waals surface area contributed by atoms with Crippen molar-refractivity contribution in [2.45, 2.75) is 24.4 Å². The molecule has 0 fully saturated rings. The van der Waals surface area contributed by atoms with E-state index in [2.05, 4.69) is 0 Å². The number of alkyl halides is 9. The van der Waals surface area contributed by atoms with E-state index in [4.69, 9.17) is 0 Å². The Morgan fingerprint density at radius 1 is 0.714 bits per heavy atom. The van der Waals surface area contributed by atoms with Crippen LogP contribution in [0.25, 0.3) is 0 Å². The van der Waals surface area contributed by atoms with Crippen LogP contribution < -0.4 is 51.4 Å². The van der Waals surface area contributed by atoms with Gasteiger partial charge in [-0.2, -0.15) is 30.7 Å². The van der Waals surface area contributed by atoms with Crippen molar-refractivity contribution in [2.24, 2.45) is 0 Å². The van der Waals surface area contributed by atoms with E-state index in [1.54, 1.807) is 0 Å². The summed E-state index contributed by atoms with van der Waals surface area (Å²) in [5.74, 6) is -13.1. The summed E-state index contributed by atoms with van der Waals surface area (Å²) in [6, 6.07) is 0. The van der Waals surface area contributed by atoms with Crippen LogP contribution in [-0.4, -0.2) is 24.4 Å². The number of hydrogen-bond acceptors (Lipinski definition) is 0. The van der Waals surface area contributed by atoms with Crippen LogP contribution in [0.2, 0.25) is 0 Å². The molecule has 0 aromatic heterocycles. The Morgan fingerprint density at radius 2 is 1.00 bits per heavy atom. The monoisotopic (exact) mass is 259 g/mol. The van der Waals surface area contributed by atoms with Crippen LogP contribution in [0, 0.1) is 0 Å². The molecule has 10 heteroatoms. The Labute approximate surface area is 114 Å². The zero-order valence-corrected chi connectivity index (χ0v) is 9.60. The van der Waals surface area contributed by atoms with Gasteiger partial charge in [0.05, 0.1) is 0 Å². The van der Waals surface area contributed by atoms with Crippen molar-refractivity contribution < 1.29 is 90.9 Å². The quantitative estimate of drug-likeness (QED) is 0.487. The maximum absolute atomic E-state index is 11.6. The van der Waals surface area contributed by atoms with Crippen LogP contribution in [0.3, 0.4) is 0 Å². The molecule has 0 unspecified atom stereocenters. The molecule has 0 nitrogen and oxygen atoms in total. The van der Waals surface area contributed by atoms with Gasteiger partial charge in [-0.1, -0.05) is 0 Å². The molecule has 14 heavy (non-hydrogen) atoms. The van der Waals surface area contributed by atoms with Crippen LogP contribution in [0.5, 0.6) is 0 Å². The van der Waals surface area contributed by atoms with Gasteiger partial charge in [-0.15, -0.1) is 0 Å². The molecule has 0 aromatic rings. The van der Waals surface area contributed by atoms with Gasteiger partial charge < -0.3 is 0 Å². The van der Waals surface area contributed by atoms with E-state index in [0.717, 1.165) is 0 Å². The first-order chi connectivity index (χ1) is 5.44. The first kappa shape index (κ1) is 17.4. The second-order valence-electron chi connectivity index (χ2n) is 2.00. The second kappa shape index (κ2) is 4.89. The Morgan fingerprint density at radius 3 is 1.07 bits per heavy atom. The number of rotatable bonds is 2. The average molecular weight is 259 g/mol. The third-order valence-corrected chi connectivity index (χ3v) is 1.05. The van der Waals surface area contributed by atoms with Crippen LogP contribution in [0.4, 0.5) is 39.5 Å². The Hall–Kier alpha value is 1.01. The molecule has 0 rings (SSSR count). The molecule has 0 aliphatic rings. The summed E-state index contributed by atoms with van der Waals surface area (Å²) in [6.45, 7) is 0. The molecule has 0 radical (unpaired) electrons. The molecule has 0 heterocycles. The van der Waals surface area contributed by atoms with E-state index in [0.29, 0.717) is 0 Å². The van der Waals surface area contributed by atoms with Crippen molar-refractivity contribution in [1.82, 2.24) is 0 Å². The SMILES string of the molecule is FC(F)C(F)(F)C(F)(F)C(F)(F)F.[K+]. The van der Waals surface area contributed by atoms with Crippen molar-refractivity contribution in [1.29, 1.82) is 0 Å². The van der Waals surface area contributed by atoms with Crippen LogP contribution in [0.1, 0.15) is 0 Å². The summed E-state index contributed by atoms with van der Waals surface area (Å²) < 4.78 is 102. The standard InChI is InChI=1S/C4HF9.K/c5-1(6)2(7,8)3(9,10)4(11,12)13;/h1H;/q;+1. The minimum atomic E-state index is -6.73. The maximum Gasteiger partial charge on any atom is 1.00 e. The van der Waals surface area contributed by atoms with Crippen molar-refractivity contribution >= 4 is 0 Å². The fourth-order valence-corrected chi connectivity index (χ4v) is 0.326. The van der Waals surface area contributed by atoms with Gasteiger partial charge in [-0.3, -0.25) is 0 Å². The molecule has 0 spiro atoms. The van der Waals surface area contributed by atoms with Gasteiger partial charge in [0.15, 0.2) is 0 Å². The van der Waals surface area contributed by atoms with Crippen LogP contribution >= 0.6 is 0 Å². The van der Waals surface area contributed by atoms with E-state index >= 15 is 0 Å². The fraction of sp³-hybridized carbons (Fsp3) is 1.00. The Bertz CT molecular complexity index is 182. The van der Waals surface area contributed by atoms with Crippen LogP contribution in [-0.2, 0) is 0 Å². The molecule has 0 bridgehead atoms. The van der Waals surface area contributed by atoms with Gasteiger partial charge in [0.2, 0.25) is 0 Å². The molecule has 0 N–H and O–H groups in total. The summed E-state index contributed by atoms with van der Waals surface area (Å²) >= 11 is 0. The smallest absolute Gasteiger partial charge is 0.203 e. The van der Waals surface area contributed by atoms with E-state index in [1.165, 1.54) is 0 Å². The normalized spacial score (nSPS) is 14.1. The first-order valence-corrected chi connectivity index (χ1v) is 2.55. The van der Waals surface area contributed by atoms with E-state index < -0.39 is 24.4 Å². The molecule has 0 aliphatic heterocycles. The summed E-state index contributed by atoms with van der Waals surface area (Å²) in [5.41, 5.74) is 0. The number of hydrogen-bond donors (Lipinski definition) is 0. The fourth-order valence-electron chi connectivity index (χ4n) is 0.326. The molecule has 0 amide bonds. The molecule has 0 aliphatic carbocycles. The first-order valence-electron chi connectivity index (χ1n) is 2.55. The molecule has 0 saturated heterocycles. The van der Waals surface area contributed by atoms with Gasteiger partial charge in [0.1, 0.15) is 0 Å². The summed E-state index contributed by atoms with van der Waals surface area (Å²) in [5, 5.41) is 0. The Balaban J connectivity index is 0. The zero-order chi connectivity index (χ0) is 11.1. The molecule has 0 atom stereocenters. The van der Waals surface area contributed by atoms with Crippen molar-refractivity contribution in [3.8, 4) is 0 Å². The van der Waals surface area contributed by atoms with Gasteiger partial charge in [0, 0.05) is 0 Å². The molecular weight excluding hydrogens is 258 g/mol. The van der Waals surface area contributed by atoms with Gasteiger partial charge in [0.25, 0.3) is 0 Å². The van der Waals surface area contributed by atoms with E-state index in [1.807, 2.05) is 0 Å². The topological polar surface area (TPSA) is 0 Å². The maximum atomic E-state index is 11.6. The third-order valence-electron chi connectivity index (χ3n) is 1.05. The van der Waals surface area contributed by atoms with Crippen molar-refractivity contribution in [2.75, 3.05) is 0 Å². The summed E-state index contributed by atoms with van der Waals surface area (Å²) in [7, 11) is 0. The van der Waals surface area contributed by atoms with Gasteiger partial charge in [-0.05, 0) is 0 Å². The minimum Gasteiger partial charge on any atom is -0.203 e. The summed E-state index contributed by atoms with van der Waals surface area (Å²) in [4.78, 5) is 0. The van der Waals surface area contributed by atoms with Crippen LogP contribution in [0.15, 0.2) is 0 Å². The van der Waals surface area contributed by atoms with Gasteiger partial charge >= 0.3 is 75.8 Å². The predicted octanol–water partition coefficient (Wildman–Crippen LogP) is 0.0884. The summed E-state index contributed by atoms with van der Waals surface area (Å²) in [6.07, 6.45) is -11.8. The molecule has 0 aromatic carbocycles. The Kier molecular flexibility index (Phi) is 6.08. The molecule has 80 valence electrons.